The lowest BCUT2D eigenvalue weighted by molar-refractivity contribution is -0.149. The maximum absolute atomic E-state index is 14.8. The molecular formula is C33H28FN3O4S2. The zero-order valence-electron chi connectivity index (χ0n) is 23.5. The number of benzene rings is 3. The molecular weight excluding hydrogens is 586 g/mol. The SMILES string of the molecule is [C-]#[N+]c1sccc1-c1c(-c2cccc(N3CCC(C)(C(=O)O)CC3)c2)n(S(=O)(=O)c2ccc(C)cc2)c2ccc(F)cc12. The van der Waals surface area contributed by atoms with Crippen molar-refractivity contribution in [3.63, 3.8) is 0 Å². The molecule has 0 saturated carbocycles. The molecule has 1 N–H and O–H groups in total. The zero-order chi connectivity index (χ0) is 30.5. The van der Waals surface area contributed by atoms with E-state index >= 15 is 0 Å². The van der Waals surface area contributed by atoms with E-state index in [1.54, 1.807) is 42.6 Å². The maximum Gasteiger partial charge on any atom is 0.309 e. The van der Waals surface area contributed by atoms with Gasteiger partial charge in [0, 0.05) is 40.9 Å². The van der Waals surface area contributed by atoms with Gasteiger partial charge in [-0.3, -0.25) is 4.79 Å². The van der Waals surface area contributed by atoms with Crippen LogP contribution in [-0.4, -0.2) is 36.6 Å². The molecule has 6 rings (SSSR count). The lowest BCUT2D eigenvalue weighted by atomic mass is 9.80. The Morgan fingerprint density at radius 1 is 1.05 bits per heavy atom. The standard InChI is InChI=1S/C33H28FN3O4S2/c1-21-7-10-25(11-8-21)43(40,41)37-28-12-9-23(34)20-27(28)29(26-13-18-42-31(26)35-3)30(37)22-5-4-6-24(19-22)36-16-14-33(2,15-17-36)32(38)39/h4-13,18-20H,14-17H2,1-2H3,(H,38,39). The van der Waals surface area contributed by atoms with Crippen LogP contribution in [0, 0.1) is 24.7 Å². The van der Waals surface area contributed by atoms with Crippen LogP contribution in [-0.2, 0) is 14.8 Å². The monoisotopic (exact) mass is 613 g/mol. The minimum atomic E-state index is -4.19. The van der Waals surface area contributed by atoms with Crippen LogP contribution in [0.4, 0.5) is 15.1 Å². The van der Waals surface area contributed by atoms with Gasteiger partial charge in [0.25, 0.3) is 10.0 Å². The van der Waals surface area contributed by atoms with E-state index in [9.17, 15) is 22.7 Å². The molecule has 2 aromatic heterocycles. The molecule has 3 heterocycles. The van der Waals surface area contributed by atoms with Crippen LogP contribution >= 0.6 is 11.3 Å². The molecule has 0 spiro atoms. The van der Waals surface area contributed by atoms with E-state index < -0.39 is 27.2 Å². The van der Waals surface area contributed by atoms with E-state index in [0.29, 0.717) is 64.2 Å². The van der Waals surface area contributed by atoms with Crippen LogP contribution in [0.2, 0.25) is 0 Å². The lowest BCUT2D eigenvalue weighted by Gasteiger charge is -2.37. The van der Waals surface area contributed by atoms with E-state index in [0.717, 1.165) is 11.3 Å². The average molecular weight is 614 g/mol. The predicted octanol–water partition coefficient (Wildman–Crippen LogP) is 7.96. The Morgan fingerprint density at radius 3 is 2.44 bits per heavy atom. The number of carboxylic acids is 1. The number of rotatable bonds is 6. The number of halogens is 1. The number of hydrogen-bond acceptors (Lipinski definition) is 5. The van der Waals surface area contributed by atoms with Crippen molar-refractivity contribution in [2.75, 3.05) is 18.0 Å². The second-order valence-electron chi connectivity index (χ2n) is 11.1. The normalized spacial score (nSPS) is 15.0. The van der Waals surface area contributed by atoms with Crippen molar-refractivity contribution < 1.29 is 22.7 Å². The van der Waals surface area contributed by atoms with Crippen LogP contribution in [0.25, 0.3) is 38.1 Å². The number of piperidine rings is 1. The molecule has 10 heteroatoms. The largest absolute Gasteiger partial charge is 0.481 e. The Bertz CT molecular complexity index is 2030. The molecule has 1 aliphatic rings. The van der Waals surface area contributed by atoms with E-state index in [4.69, 9.17) is 6.57 Å². The number of carboxylic acid groups (broad SMARTS) is 1. The van der Waals surface area contributed by atoms with Crippen molar-refractivity contribution in [1.82, 2.24) is 3.97 Å². The first-order valence-electron chi connectivity index (χ1n) is 13.7. The van der Waals surface area contributed by atoms with Gasteiger partial charge in [-0.15, -0.1) is 0 Å². The number of carbonyl (C=O) groups is 1. The summed E-state index contributed by atoms with van der Waals surface area (Å²) in [6.07, 6.45) is 0.949. The molecule has 43 heavy (non-hydrogen) atoms. The summed E-state index contributed by atoms with van der Waals surface area (Å²) in [5.74, 6) is -1.33. The van der Waals surface area contributed by atoms with E-state index in [-0.39, 0.29) is 4.90 Å². The molecule has 218 valence electrons. The van der Waals surface area contributed by atoms with Gasteiger partial charge in [0.15, 0.2) is 0 Å². The number of nitrogens with zero attached hydrogens (tertiary/aromatic N) is 3. The summed E-state index contributed by atoms with van der Waals surface area (Å²) in [5, 5.41) is 12.2. The van der Waals surface area contributed by atoms with Crippen molar-refractivity contribution in [2.24, 2.45) is 5.41 Å². The summed E-state index contributed by atoms with van der Waals surface area (Å²) in [7, 11) is -4.19. The van der Waals surface area contributed by atoms with Crippen molar-refractivity contribution in [2.45, 2.75) is 31.6 Å². The molecule has 0 bridgehead atoms. The minimum absolute atomic E-state index is 0.0861. The van der Waals surface area contributed by atoms with Crippen LogP contribution in [0.5, 0.6) is 0 Å². The fourth-order valence-electron chi connectivity index (χ4n) is 5.74. The van der Waals surface area contributed by atoms with Gasteiger partial charge >= 0.3 is 5.97 Å². The fourth-order valence-corrected chi connectivity index (χ4v) is 7.96. The smallest absolute Gasteiger partial charge is 0.309 e. The molecule has 1 saturated heterocycles. The van der Waals surface area contributed by atoms with E-state index in [1.807, 2.05) is 31.2 Å². The quantitative estimate of drug-likeness (QED) is 0.197. The van der Waals surface area contributed by atoms with Gasteiger partial charge in [0.2, 0.25) is 5.00 Å². The summed E-state index contributed by atoms with van der Waals surface area (Å²) in [6, 6.07) is 19.8. The summed E-state index contributed by atoms with van der Waals surface area (Å²) < 4.78 is 45.0. The first-order valence-corrected chi connectivity index (χ1v) is 16.1. The highest BCUT2D eigenvalue weighted by Gasteiger charge is 2.37. The summed E-state index contributed by atoms with van der Waals surface area (Å²) in [6.45, 7) is 12.5. The van der Waals surface area contributed by atoms with Gasteiger partial charge in [0.05, 0.1) is 28.1 Å². The highest BCUT2D eigenvalue weighted by molar-refractivity contribution is 7.90. The predicted molar refractivity (Wildman–Crippen MR) is 168 cm³/mol. The van der Waals surface area contributed by atoms with Gasteiger partial charge in [-0.05, 0) is 74.5 Å². The summed E-state index contributed by atoms with van der Waals surface area (Å²) in [5.41, 5.74) is 3.14. The number of thiophene rings is 1. The molecule has 5 aromatic rings. The third kappa shape index (κ3) is 4.88. The second-order valence-corrected chi connectivity index (χ2v) is 13.8. The molecule has 3 aromatic carbocycles. The highest BCUT2D eigenvalue weighted by Crippen LogP contribution is 2.48. The molecule has 0 atom stereocenters. The fraction of sp³-hybridized carbons (Fsp3) is 0.212. The number of hydrogen-bond donors (Lipinski definition) is 1. The third-order valence-electron chi connectivity index (χ3n) is 8.33. The molecule has 1 aliphatic heterocycles. The Morgan fingerprint density at radius 2 is 1.77 bits per heavy atom. The molecule has 0 amide bonds. The number of fused-ring (bicyclic) bond motifs is 1. The Kier molecular flexibility index (Phi) is 7.11. The van der Waals surface area contributed by atoms with Gasteiger partial charge < -0.3 is 10.0 Å². The lowest BCUT2D eigenvalue weighted by Crippen LogP contribution is -2.42. The minimum Gasteiger partial charge on any atom is -0.481 e. The van der Waals surface area contributed by atoms with Crippen molar-refractivity contribution >= 4 is 48.9 Å². The second kappa shape index (κ2) is 10.7. The number of aryl methyl sites for hydroxylation is 1. The number of aromatic nitrogens is 1. The summed E-state index contributed by atoms with van der Waals surface area (Å²) in [4.78, 5) is 17.7. The Labute approximate surface area is 253 Å². The maximum atomic E-state index is 14.8. The van der Waals surface area contributed by atoms with Gasteiger partial charge in [0.1, 0.15) is 5.82 Å². The molecule has 7 nitrogen and oxygen atoms in total. The van der Waals surface area contributed by atoms with Gasteiger partial charge in [-0.1, -0.05) is 35.9 Å². The Balaban J connectivity index is 1.63. The molecule has 0 unspecified atom stereocenters. The molecule has 0 aliphatic carbocycles. The first kappa shape index (κ1) is 28.6. The number of anilines is 1. The van der Waals surface area contributed by atoms with Crippen LogP contribution < -0.4 is 4.90 Å². The molecule has 0 radical (unpaired) electrons. The van der Waals surface area contributed by atoms with Crippen molar-refractivity contribution in [3.05, 3.63) is 101 Å². The topological polar surface area (TPSA) is 84.0 Å². The van der Waals surface area contributed by atoms with Crippen molar-refractivity contribution in [1.29, 1.82) is 0 Å². The van der Waals surface area contributed by atoms with Crippen molar-refractivity contribution in [3.8, 4) is 22.4 Å². The highest BCUT2D eigenvalue weighted by atomic mass is 32.2. The number of aliphatic carboxylic acids is 1. The Hall–Kier alpha value is -4.46. The van der Waals surface area contributed by atoms with Crippen LogP contribution in [0.3, 0.4) is 0 Å². The van der Waals surface area contributed by atoms with E-state index in [2.05, 4.69) is 9.74 Å². The zero-order valence-corrected chi connectivity index (χ0v) is 25.2. The van der Waals surface area contributed by atoms with E-state index in [1.165, 1.54) is 33.5 Å². The van der Waals surface area contributed by atoms with Crippen LogP contribution in [0.15, 0.2) is 83.1 Å². The third-order valence-corrected chi connectivity index (χ3v) is 10.9. The summed E-state index contributed by atoms with van der Waals surface area (Å²) >= 11 is 1.24. The van der Waals surface area contributed by atoms with Gasteiger partial charge in [-0.25, -0.2) is 21.6 Å². The average Bonchev–Trinajstić information content (AvgIpc) is 3.60. The first-order chi connectivity index (χ1) is 20.5. The van der Waals surface area contributed by atoms with Crippen LogP contribution in [0.1, 0.15) is 25.3 Å². The van der Waals surface area contributed by atoms with Gasteiger partial charge in [-0.2, -0.15) is 11.3 Å². The molecule has 1 fully saturated rings.